The van der Waals surface area contributed by atoms with Gasteiger partial charge in [0.2, 0.25) is 11.7 Å². The zero-order valence-corrected chi connectivity index (χ0v) is 21.9. The molecule has 0 atom stereocenters. The average Bonchev–Trinajstić information content (AvgIpc) is 3.30. The summed E-state index contributed by atoms with van der Waals surface area (Å²) < 4.78 is 34.8. The number of anilines is 1. The van der Waals surface area contributed by atoms with E-state index in [1.807, 2.05) is 0 Å². The average molecular weight is 566 g/mol. The molecule has 0 radical (unpaired) electrons. The van der Waals surface area contributed by atoms with Crippen LogP contribution in [0.3, 0.4) is 0 Å². The van der Waals surface area contributed by atoms with Gasteiger partial charge in [-0.05, 0) is 30.3 Å². The molecule has 1 saturated heterocycles. The van der Waals surface area contributed by atoms with Crippen molar-refractivity contribution in [1.29, 1.82) is 0 Å². The lowest BCUT2D eigenvalue weighted by Crippen LogP contribution is -2.51. The molecule has 200 valence electrons. The molecule has 1 aliphatic heterocycles. The highest BCUT2D eigenvalue weighted by Crippen LogP contribution is 2.30. The number of hydrogen-bond donors (Lipinski definition) is 1. The first-order valence-electron chi connectivity index (χ1n) is 11.4. The smallest absolute Gasteiger partial charge is 0.291 e. The summed E-state index contributed by atoms with van der Waals surface area (Å²) in [6.45, 7) is 1.44. The number of nitrogens with zero attached hydrogens (tertiary/aromatic N) is 4. The number of alkyl halides is 1. The summed E-state index contributed by atoms with van der Waals surface area (Å²) >= 11 is 12.0. The number of halogens is 4. The minimum atomic E-state index is -1.15. The highest BCUT2D eigenvalue weighted by molar-refractivity contribution is 6.34. The second kappa shape index (κ2) is 11.4. The molecule has 2 heterocycles. The van der Waals surface area contributed by atoms with Crippen molar-refractivity contribution in [2.45, 2.75) is 0 Å². The molecule has 0 spiro atoms. The van der Waals surface area contributed by atoms with Crippen LogP contribution in [0.5, 0.6) is 5.75 Å². The van der Waals surface area contributed by atoms with Crippen LogP contribution < -0.4 is 10.1 Å². The summed E-state index contributed by atoms with van der Waals surface area (Å²) in [6.07, 6.45) is 1.26. The van der Waals surface area contributed by atoms with Gasteiger partial charge < -0.3 is 24.4 Å². The standard InChI is InChI=1S/C25H23Cl2F2N5O4/c1-32-18(16-5-6-19(38-2)22(29)21(16)28)13-30-23(32)24(36)31-14-3-4-15(17(27)11-14)25(37)34-9-7-33(8-10-34)20(35)12-26/h3-6,11,13H,7-10,12H2,1-2H3,(H,31,36). The van der Waals surface area contributed by atoms with Crippen molar-refractivity contribution >= 4 is 46.6 Å². The van der Waals surface area contributed by atoms with Gasteiger partial charge >= 0.3 is 0 Å². The number of nitrogens with one attached hydrogen (secondary N) is 1. The van der Waals surface area contributed by atoms with Gasteiger partial charge in [-0.15, -0.1) is 11.6 Å². The van der Waals surface area contributed by atoms with E-state index >= 15 is 0 Å². The fourth-order valence-electron chi connectivity index (χ4n) is 4.13. The molecule has 1 aliphatic rings. The molecular formula is C25H23Cl2F2N5O4. The molecule has 9 nitrogen and oxygen atoms in total. The molecule has 0 aliphatic carbocycles. The minimum absolute atomic E-state index is 0.0590. The summed E-state index contributed by atoms with van der Waals surface area (Å²) in [5.41, 5.74) is 0.649. The van der Waals surface area contributed by atoms with Crippen LogP contribution in [0.2, 0.25) is 5.02 Å². The number of carbonyl (C=O) groups is 3. The van der Waals surface area contributed by atoms with Crippen LogP contribution in [0.25, 0.3) is 11.3 Å². The molecule has 4 rings (SSSR count). The van der Waals surface area contributed by atoms with Gasteiger partial charge in [0, 0.05) is 44.5 Å². The van der Waals surface area contributed by atoms with Crippen molar-refractivity contribution in [3.05, 3.63) is 64.6 Å². The van der Waals surface area contributed by atoms with Gasteiger partial charge in [-0.3, -0.25) is 14.4 Å². The van der Waals surface area contributed by atoms with Gasteiger partial charge in [-0.2, -0.15) is 4.39 Å². The van der Waals surface area contributed by atoms with Gasteiger partial charge in [0.05, 0.1) is 29.6 Å². The molecule has 3 aromatic rings. The Morgan fingerprint density at radius 1 is 1.05 bits per heavy atom. The van der Waals surface area contributed by atoms with Gasteiger partial charge in [-0.1, -0.05) is 11.6 Å². The minimum Gasteiger partial charge on any atom is -0.494 e. The van der Waals surface area contributed by atoms with Crippen LogP contribution in [0.15, 0.2) is 36.5 Å². The summed E-state index contributed by atoms with van der Waals surface area (Å²) in [5, 5.41) is 2.77. The van der Waals surface area contributed by atoms with Crippen molar-refractivity contribution in [2.24, 2.45) is 7.05 Å². The summed E-state index contributed by atoms with van der Waals surface area (Å²) in [5.74, 6) is -3.78. The Balaban J connectivity index is 1.46. The van der Waals surface area contributed by atoms with E-state index in [1.165, 1.54) is 55.3 Å². The third kappa shape index (κ3) is 5.30. The third-order valence-corrected chi connectivity index (χ3v) is 6.77. The Morgan fingerprint density at radius 3 is 2.37 bits per heavy atom. The molecule has 0 unspecified atom stereocenters. The normalized spacial score (nSPS) is 13.4. The highest BCUT2D eigenvalue weighted by atomic mass is 35.5. The van der Waals surface area contributed by atoms with E-state index in [0.29, 0.717) is 31.9 Å². The number of hydrogen-bond acceptors (Lipinski definition) is 5. The molecule has 3 amide bonds. The molecule has 0 saturated carbocycles. The van der Waals surface area contributed by atoms with E-state index in [1.54, 1.807) is 9.80 Å². The topological polar surface area (TPSA) is 96.8 Å². The van der Waals surface area contributed by atoms with Crippen LogP contribution in [-0.4, -0.2) is 76.2 Å². The van der Waals surface area contributed by atoms with E-state index in [4.69, 9.17) is 27.9 Å². The maximum absolute atomic E-state index is 14.6. The van der Waals surface area contributed by atoms with E-state index in [0.717, 1.165) is 0 Å². The van der Waals surface area contributed by atoms with Gasteiger partial charge in [0.25, 0.3) is 11.8 Å². The van der Waals surface area contributed by atoms with E-state index in [-0.39, 0.29) is 51.1 Å². The number of imidazole rings is 1. The van der Waals surface area contributed by atoms with Crippen LogP contribution in [0, 0.1) is 11.6 Å². The lowest BCUT2D eigenvalue weighted by Gasteiger charge is -2.34. The number of benzene rings is 2. The van der Waals surface area contributed by atoms with Crippen molar-refractivity contribution in [2.75, 3.05) is 44.5 Å². The first-order chi connectivity index (χ1) is 18.2. The summed E-state index contributed by atoms with van der Waals surface area (Å²) in [7, 11) is 2.72. The van der Waals surface area contributed by atoms with Crippen LogP contribution in [-0.2, 0) is 11.8 Å². The quantitative estimate of drug-likeness (QED) is 0.458. The Hall–Kier alpha value is -3.70. The second-order valence-electron chi connectivity index (χ2n) is 8.42. The zero-order valence-electron chi connectivity index (χ0n) is 20.4. The number of piperazine rings is 1. The Morgan fingerprint density at radius 2 is 1.74 bits per heavy atom. The van der Waals surface area contributed by atoms with Crippen LogP contribution in [0.4, 0.5) is 14.5 Å². The number of methoxy groups -OCH3 is 1. The maximum atomic E-state index is 14.6. The Labute approximate surface area is 226 Å². The SMILES string of the molecule is COc1ccc(-c2cnc(C(=O)Nc3ccc(C(=O)N4CCN(C(=O)CCl)CC4)c(Cl)c3)n2C)c(F)c1F. The van der Waals surface area contributed by atoms with E-state index in [2.05, 4.69) is 10.3 Å². The molecule has 13 heteroatoms. The van der Waals surface area contributed by atoms with E-state index in [9.17, 15) is 23.2 Å². The van der Waals surface area contributed by atoms with Crippen molar-refractivity contribution in [3.8, 4) is 17.0 Å². The Kier molecular flexibility index (Phi) is 8.17. The van der Waals surface area contributed by atoms with Gasteiger partial charge in [0.15, 0.2) is 17.4 Å². The molecular weight excluding hydrogens is 543 g/mol. The Bertz CT molecular complexity index is 1410. The lowest BCUT2D eigenvalue weighted by molar-refractivity contribution is -0.129. The largest absolute Gasteiger partial charge is 0.494 e. The van der Waals surface area contributed by atoms with Crippen molar-refractivity contribution in [1.82, 2.24) is 19.4 Å². The van der Waals surface area contributed by atoms with Crippen LogP contribution >= 0.6 is 23.2 Å². The van der Waals surface area contributed by atoms with Crippen molar-refractivity contribution < 1.29 is 27.9 Å². The number of carbonyl (C=O) groups excluding carboxylic acids is 3. The van der Waals surface area contributed by atoms with E-state index < -0.39 is 17.5 Å². The highest BCUT2D eigenvalue weighted by Gasteiger charge is 2.26. The molecule has 2 aromatic carbocycles. The third-order valence-electron chi connectivity index (χ3n) is 6.23. The van der Waals surface area contributed by atoms with Crippen molar-refractivity contribution in [3.63, 3.8) is 0 Å². The number of amides is 3. The second-order valence-corrected chi connectivity index (χ2v) is 9.10. The van der Waals surface area contributed by atoms with Gasteiger partial charge in [-0.25, -0.2) is 9.37 Å². The number of ether oxygens (including phenoxy) is 1. The first kappa shape index (κ1) is 27.3. The monoisotopic (exact) mass is 565 g/mol. The van der Waals surface area contributed by atoms with Crippen LogP contribution in [0.1, 0.15) is 21.0 Å². The zero-order chi connectivity index (χ0) is 27.6. The maximum Gasteiger partial charge on any atom is 0.291 e. The molecule has 38 heavy (non-hydrogen) atoms. The summed E-state index contributed by atoms with van der Waals surface area (Å²) in [4.78, 5) is 44.8. The molecule has 1 aromatic heterocycles. The molecule has 1 N–H and O–H groups in total. The first-order valence-corrected chi connectivity index (χ1v) is 12.4. The lowest BCUT2D eigenvalue weighted by atomic mass is 10.1. The fraction of sp³-hybridized carbons (Fsp3) is 0.280. The fourth-order valence-corrected chi connectivity index (χ4v) is 4.56. The summed E-state index contributed by atoms with van der Waals surface area (Å²) in [6, 6.07) is 7.07. The number of rotatable bonds is 6. The molecule has 1 fully saturated rings. The van der Waals surface area contributed by atoms with Gasteiger partial charge in [0.1, 0.15) is 5.88 Å². The number of aromatic nitrogens is 2. The predicted molar refractivity (Wildman–Crippen MR) is 138 cm³/mol. The molecule has 0 bridgehead atoms. The predicted octanol–water partition coefficient (Wildman–Crippen LogP) is 3.80.